The van der Waals surface area contributed by atoms with E-state index in [2.05, 4.69) is 53.1 Å². The van der Waals surface area contributed by atoms with E-state index >= 15 is 0 Å². The van der Waals surface area contributed by atoms with Crippen molar-refractivity contribution in [1.82, 2.24) is 24.9 Å². The van der Waals surface area contributed by atoms with Gasteiger partial charge in [0.2, 0.25) is 0 Å². The van der Waals surface area contributed by atoms with Crippen LogP contribution in [-0.2, 0) is 26.4 Å². The molecule has 116 valence electrons. The zero-order chi connectivity index (χ0) is 15.4. The van der Waals surface area contributed by atoms with Crippen molar-refractivity contribution in [1.29, 1.82) is 0 Å². The van der Waals surface area contributed by atoms with E-state index < -0.39 is 0 Å². The second-order valence-electron chi connectivity index (χ2n) is 5.44. The van der Waals surface area contributed by atoms with E-state index in [0.717, 1.165) is 37.3 Å². The van der Waals surface area contributed by atoms with Gasteiger partial charge in [-0.3, -0.25) is 9.36 Å². The van der Waals surface area contributed by atoms with Crippen LogP contribution in [0.3, 0.4) is 0 Å². The molecule has 0 radical (unpaired) electrons. The highest BCUT2D eigenvalue weighted by molar-refractivity contribution is 5.19. The van der Waals surface area contributed by atoms with Gasteiger partial charge in [0.15, 0.2) is 0 Å². The van der Waals surface area contributed by atoms with E-state index in [4.69, 9.17) is 0 Å². The molecule has 1 atom stereocenters. The zero-order valence-electron chi connectivity index (χ0n) is 13.8. The summed E-state index contributed by atoms with van der Waals surface area (Å²) in [6.45, 7) is 10.3. The van der Waals surface area contributed by atoms with Crippen LogP contribution < -0.4 is 5.32 Å². The summed E-state index contributed by atoms with van der Waals surface area (Å²) in [6, 6.07) is 4.68. The molecule has 1 N–H and O–H groups in total. The molecule has 0 aliphatic heterocycles. The smallest absolute Gasteiger partial charge is 0.0625 e. The van der Waals surface area contributed by atoms with E-state index in [-0.39, 0.29) is 6.04 Å². The molecule has 21 heavy (non-hydrogen) atoms. The van der Waals surface area contributed by atoms with Crippen molar-refractivity contribution in [3.05, 3.63) is 34.9 Å². The average molecular weight is 289 g/mol. The normalized spacial score (nSPS) is 12.8. The summed E-state index contributed by atoms with van der Waals surface area (Å²) in [7, 11) is 2.01. The van der Waals surface area contributed by atoms with Crippen LogP contribution >= 0.6 is 0 Å². The molecular formula is C16H27N5. The molecule has 0 amide bonds. The van der Waals surface area contributed by atoms with Crippen LogP contribution in [0.1, 0.15) is 49.6 Å². The fraction of sp³-hybridized carbons (Fsp3) is 0.625. The Balaban J connectivity index is 2.30. The Kier molecular flexibility index (Phi) is 5.17. The molecule has 0 bridgehead atoms. The van der Waals surface area contributed by atoms with Crippen LogP contribution in [0.4, 0.5) is 0 Å². The summed E-state index contributed by atoms with van der Waals surface area (Å²) >= 11 is 0. The molecule has 0 spiro atoms. The lowest BCUT2D eigenvalue weighted by Crippen LogP contribution is -2.26. The third-order valence-electron chi connectivity index (χ3n) is 3.84. The second-order valence-corrected chi connectivity index (χ2v) is 5.44. The number of nitrogens with zero attached hydrogens (tertiary/aromatic N) is 4. The monoisotopic (exact) mass is 289 g/mol. The minimum atomic E-state index is 0.276. The van der Waals surface area contributed by atoms with Crippen molar-refractivity contribution in [2.75, 3.05) is 6.54 Å². The maximum absolute atomic E-state index is 4.67. The van der Waals surface area contributed by atoms with E-state index in [1.165, 1.54) is 11.4 Å². The van der Waals surface area contributed by atoms with Gasteiger partial charge in [-0.1, -0.05) is 13.8 Å². The van der Waals surface area contributed by atoms with Crippen molar-refractivity contribution < 1.29 is 0 Å². The first-order valence-corrected chi connectivity index (χ1v) is 7.88. The third-order valence-corrected chi connectivity index (χ3v) is 3.84. The van der Waals surface area contributed by atoms with Gasteiger partial charge in [0, 0.05) is 25.7 Å². The number of hydrogen-bond donors (Lipinski definition) is 1. The first-order valence-electron chi connectivity index (χ1n) is 7.88. The highest BCUT2D eigenvalue weighted by atomic mass is 15.3. The van der Waals surface area contributed by atoms with Crippen molar-refractivity contribution in [2.45, 2.75) is 53.1 Å². The molecule has 2 rings (SSSR count). The van der Waals surface area contributed by atoms with Gasteiger partial charge in [0.1, 0.15) is 0 Å². The lowest BCUT2D eigenvalue weighted by molar-refractivity contribution is 0.478. The maximum Gasteiger partial charge on any atom is 0.0625 e. The van der Waals surface area contributed by atoms with E-state index in [1.54, 1.807) is 0 Å². The molecule has 0 aliphatic carbocycles. The van der Waals surface area contributed by atoms with E-state index in [1.807, 2.05) is 18.7 Å². The van der Waals surface area contributed by atoms with Gasteiger partial charge < -0.3 is 5.32 Å². The molecule has 5 nitrogen and oxygen atoms in total. The molecule has 0 saturated carbocycles. The van der Waals surface area contributed by atoms with Crippen LogP contribution in [0.15, 0.2) is 12.1 Å². The van der Waals surface area contributed by atoms with Gasteiger partial charge in [-0.05, 0) is 38.9 Å². The minimum Gasteiger partial charge on any atom is -0.309 e. The van der Waals surface area contributed by atoms with Crippen molar-refractivity contribution in [3.63, 3.8) is 0 Å². The first kappa shape index (κ1) is 15.8. The first-order chi connectivity index (χ1) is 10.1. The predicted octanol–water partition coefficient (Wildman–Crippen LogP) is 2.40. The number of aryl methyl sites for hydroxylation is 4. The second kappa shape index (κ2) is 6.89. The van der Waals surface area contributed by atoms with Crippen LogP contribution in [0.5, 0.6) is 0 Å². The van der Waals surface area contributed by atoms with Gasteiger partial charge in [0.25, 0.3) is 0 Å². The molecule has 1 unspecified atom stereocenters. The number of rotatable bonds is 7. The number of hydrogen-bond acceptors (Lipinski definition) is 3. The Hall–Kier alpha value is -1.62. The number of aromatic nitrogens is 4. The minimum absolute atomic E-state index is 0.276. The topological polar surface area (TPSA) is 47.7 Å². The molecule has 0 aromatic carbocycles. The SMILES string of the molecule is CCNC(Cc1cc(C)nn1C)c1cc(CC)nn1CC. The van der Waals surface area contributed by atoms with Crippen molar-refractivity contribution in [2.24, 2.45) is 7.05 Å². The summed E-state index contributed by atoms with van der Waals surface area (Å²) in [5.41, 5.74) is 4.76. The van der Waals surface area contributed by atoms with Crippen LogP contribution in [0.25, 0.3) is 0 Å². The average Bonchev–Trinajstić information content (AvgIpc) is 3.01. The molecule has 0 aliphatic rings. The summed E-state index contributed by atoms with van der Waals surface area (Å²) in [5, 5.41) is 12.7. The fourth-order valence-electron chi connectivity index (χ4n) is 2.79. The summed E-state index contributed by atoms with van der Waals surface area (Å²) < 4.78 is 4.10. The standard InChI is InChI=1S/C16H27N5/c1-6-13-10-16(21(8-3)19-13)15(17-7-2)11-14-9-12(4)18-20(14)5/h9-10,15,17H,6-8,11H2,1-5H3. The van der Waals surface area contributed by atoms with E-state index in [9.17, 15) is 0 Å². The van der Waals surface area contributed by atoms with Gasteiger partial charge in [-0.25, -0.2) is 0 Å². The number of likely N-dealkylation sites (N-methyl/N-ethyl adjacent to an activating group) is 1. The Bertz CT molecular complexity index is 582. The quantitative estimate of drug-likeness (QED) is 0.851. The largest absolute Gasteiger partial charge is 0.309 e. The lowest BCUT2D eigenvalue weighted by atomic mass is 10.1. The Morgan fingerprint density at radius 3 is 2.48 bits per heavy atom. The Morgan fingerprint density at radius 2 is 1.95 bits per heavy atom. The maximum atomic E-state index is 4.67. The van der Waals surface area contributed by atoms with Gasteiger partial charge in [0.05, 0.1) is 23.1 Å². The summed E-state index contributed by atoms with van der Waals surface area (Å²) in [4.78, 5) is 0. The van der Waals surface area contributed by atoms with Gasteiger partial charge in [-0.2, -0.15) is 10.2 Å². The predicted molar refractivity (Wildman–Crippen MR) is 85.3 cm³/mol. The molecular weight excluding hydrogens is 262 g/mol. The summed E-state index contributed by atoms with van der Waals surface area (Å²) in [5.74, 6) is 0. The van der Waals surface area contributed by atoms with Gasteiger partial charge >= 0.3 is 0 Å². The molecule has 5 heteroatoms. The van der Waals surface area contributed by atoms with Crippen molar-refractivity contribution in [3.8, 4) is 0 Å². The summed E-state index contributed by atoms with van der Waals surface area (Å²) in [6.07, 6.45) is 1.91. The van der Waals surface area contributed by atoms with Crippen LogP contribution in [0, 0.1) is 6.92 Å². The van der Waals surface area contributed by atoms with Crippen LogP contribution in [0.2, 0.25) is 0 Å². The fourth-order valence-corrected chi connectivity index (χ4v) is 2.79. The third kappa shape index (κ3) is 3.53. The molecule has 2 aromatic rings. The lowest BCUT2D eigenvalue weighted by Gasteiger charge is -2.19. The van der Waals surface area contributed by atoms with Crippen LogP contribution in [-0.4, -0.2) is 26.1 Å². The van der Waals surface area contributed by atoms with Gasteiger partial charge in [-0.15, -0.1) is 0 Å². The molecule has 2 heterocycles. The molecule has 2 aromatic heterocycles. The highest BCUT2D eigenvalue weighted by Gasteiger charge is 2.19. The van der Waals surface area contributed by atoms with Crippen molar-refractivity contribution >= 4 is 0 Å². The highest BCUT2D eigenvalue weighted by Crippen LogP contribution is 2.20. The number of nitrogens with one attached hydrogen (secondary N) is 1. The molecule has 0 fully saturated rings. The van der Waals surface area contributed by atoms with E-state index in [0.29, 0.717) is 0 Å². The Morgan fingerprint density at radius 1 is 1.19 bits per heavy atom. The Labute approximate surface area is 127 Å². The zero-order valence-corrected chi connectivity index (χ0v) is 13.8. The molecule has 0 saturated heterocycles.